The molecule has 0 radical (unpaired) electrons. The molecule has 38 heavy (non-hydrogen) atoms. The molecule has 0 aliphatic rings. The summed E-state index contributed by atoms with van der Waals surface area (Å²) in [5.41, 5.74) is 2.77. The van der Waals surface area contributed by atoms with Crippen molar-refractivity contribution in [1.82, 2.24) is 19.7 Å². The van der Waals surface area contributed by atoms with Gasteiger partial charge < -0.3 is 19.1 Å². The standard InChI is InChI=1S/C28H23FN4O4S/c1-36-20-11-18(12-21(14-20)37-2)26-30-28(32-31-26)38-25(27(34)35)13-19-16-33(24-10-6-4-8-22(19)24)15-17-7-3-5-9-23(17)29/h3-14,16H,15H2,1-2H3,(H,34,35)(H,30,31,32)/b25-13-. The molecule has 2 aromatic heterocycles. The molecular formula is C28H23FN4O4S. The second-order valence-corrected chi connectivity index (χ2v) is 9.31. The molecule has 5 rings (SSSR count). The predicted molar refractivity (Wildman–Crippen MR) is 144 cm³/mol. The number of fused-ring (bicyclic) bond motifs is 1. The van der Waals surface area contributed by atoms with Gasteiger partial charge in [-0.2, -0.15) is 0 Å². The Morgan fingerprint density at radius 1 is 1.08 bits per heavy atom. The molecule has 0 spiro atoms. The number of carboxylic acid groups (broad SMARTS) is 1. The summed E-state index contributed by atoms with van der Waals surface area (Å²) in [5, 5.41) is 18.1. The van der Waals surface area contributed by atoms with E-state index in [1.165, 1.54) is 6.07 Å². The van der Waals surface area contributed by atoms with Crippen molar-refractivity contribution in [1.29, 1.82) is 0 Å². The number of aliphatic carboxylic acids is 1. The molecule has 0 amide bonds. The summed E-state index contributed by atoms with van der Waals surface area (Å²) in [6, 6.07) is 19.5. The van der Waals surface area contributed by atoms with Crippen LogP contribution >= 0.6 is 11.8 Å². The van der Waals surface area contributed by atoms with E-state index in [2.05, 4.69) is 15.2 Å². The van der Waals surface area contributed by atoms with E-state index in [0.29, 0.717) is 40.6 Å². The van der Waals surface area contributed by atoms with Gasteiger partial charge in [0.15, 0.2) is 5.82 Å². The van der Waals surface area contributed by atoms with E-state index in [-0.39, 0.29) is 15.9 Å². The van der Waals surface area contributed by atoms with E-state index >= 15 is 0 Å². The zero-order valence-electron chi connectivity index (χ0n) is 20.5. The molecule has 0 saturated heterocycles. The van der Waals surface area contributed by atoms with Crippen molar-refractivity contribution in [3.8, 4) is 22.9 Å². The van der Waals surface area contributed by atoms with Crippen molar-refractivity contribution >= 4 is 34.7 Å². The second kappa shape index (κ2) is 10.8. The van der Waals surface area contributed by atoms with Crippen molar-refractivity contribution < 1.29 is 23.8 Å². The fraction of sp³-hybridized carbons (Fsp3) is 0.107. The highest BCUT2D eigenvalue weighted by atomic mass is 32.2. The molecule has 8 nitrogen and oxygen atoms in total. The third-order valence-corrected chi connectivity index (χ3v) is 6.78. The number of rotatable bonds is 9. The van der Waals surface area contributed by atoms with Gasteiger partial charge in [0, 0.05) is 39.9 Å². The van der Waals surface area contributed by atoms with Crippen LogP contribution in [0.4, 0.5) is 4.39 Å². The Bertz CT molecular complexity index is 1640. The fourth-order valence-electron chi connectivity index (χ4n) is 4.07. The van der Waals surface area contributed by atoms with E-state index in [9.17, 15) is 14.3 Å². The zero-order valence-corrected chi connectivity index (χ0v) is 21.3. The summed E-state index contributed by atoms with van der Waals surface area (Å²) in [5.74, 6) is 0.204. The van der Waals surface area contributed by atoms with Gasteiger partial charge >= 0.3 is 5.97 Å². The number of para-hydroxylation sites is 1. The molecule has 0 atom stereocenters. The Labute approximate surface area is 221 Å². The van der Waals surface area contributed by atoms with Crippen LogP contribution in [0, 0.1) is 5.82 Å². The number of H-pyrrole nitrogens is 1. The SMILES string of the molecule is COc1cc(OC)cc(-c2nc(S/C(=C\c3cn(Cc4ccccc4F)c4ccccc34)C(=O)O)n[nH]2)c1. The summed E-state index contributed by atoms with van der Waals surface area (Å²) in [4.78, 5) is 16.7. The van der Waals surface area contributed by atoms with Crippen LogP contribution in [0.25, 0.3) is 28.4 Å². The molecular weight excluding hydrogens is 507 g/mol. The molecule has 2 N–H and O–H groups in total. The van der Waals surface area contributed by atoms with E-state index < -0.39 is 5.97 Å². The fourth-order valence-corrected chi connectivity index (χ4v) is 4.77. The van der Waals surface area contributed by atoms with Crippen molar-refractivity contribution in [2.75, 3.05) is 14.2 Å². The van der Waals surface area contributed by atoms with Gasteiger partial charge in [0.2, 0.25) is 5.16 Å². The number of aromatic amines is 1. The first kappa shape index (κ1) is 25.1. The quantitative estimate of drug-likeness (QED) is 0.182. The Balaban J connectivity index is 1.47. The second-order valence-electron chi connectivity index (χ2n) is 8.30. The van der Waals surface area contributed by atoms with Crippen LogP contribution in [0.5, 0.6) is 11.5 Å². The number of hydrogen-bond donors (Lipinski definition) is 2. The summed E-state index contributed by atoms with van der Waals surface area (Å²) >= 11 is 0.928. The molecule has 2 heterocycles. The molecule has 3 aromatic carbocycles. The van der Waals surface area contributed by atoms with Gasteiger partial charge in [-0.25, -0.2) is 14.2 Å². The molecule has 0 bridgehead atoms. The van der Waals surface area contributed by atoms with E-state index in [1.54, 1.807) is 56.7 Å². The largest absolute Gasteiger partial charge is 0.497 e. The minimum Gasteiger partial charge on any atom is -0.497 e. The Hall–Kier alpha value is -4.57. The minimum atomic E-state index is -1.12. The van der Waals surface area contributed by atoms with Gasteiger partial charge in [-0.3, -0.25) is 5.10 Å². The lowest BCUT2D eigenvalue weighted by Gasteiger charge is -2.06. The number of nitrogens with zero attached hydrogens (tertiary/aromatic N) is 3. The Kier molecular flexibility index (Phi) is 7.14. The van der Waals surface area contributed by atoms with Crippen molar-refractivity contribution in [2.45, 2.75) is 11.7 Å². The normalized spacial score (nSPS) is 11.6. The first-order valence-corrected chi connectivity index (χ1v) is 12.4. The monoisotopic (exact) mass is 530 g/mol. The van der Waals surface area contributed by atoms with Gasteiger partial charge in [-0.05, 0) is 42.1 Å². The van der Waals surface area contributed by atoms with Crippen molar-refractivity contribution in [3.63, 3.8) is 0 Å². The van der Waals surface area contributed by atoms with Gasteiger partial charge in [-0.1, -0.05) is 36.4 Å². The number of hydrogen-bond acceptors (Lipinski definition) is 6. The number of methoxy groups -OCH3 is 2. The van der Waals surface area contributed by atoms with Crippen LogP contribution in [0.3, 0.4) is 0 Å². The first-order chi connectivity index (χ1) is 18.4. The van der Waals surface area contributed by atoms with Gasteiger partial charge in [-0.15, -0.1) is 5.10 Å². The van der Waals surface area contributed by atoms with Crippen molar-refractivity contribution in [3.05, 3.63) is 94.8 Å². The average molecular weight is 531 g/mol. The van der Waals surface area contributed by atoms with E-state index in [1.807, 2.05) is 35.0 Å². The van der Waals surface area contributed by atoms with Crippen LogP contribution in [0.15, 0.2) is 83.0 Å². The number of halogens is 1. The summed E-state index contributed by atoms with van der Waals surface area (Å²) < 4.78 is 26.8. The molecule has 0 fully saturated rings. The van der Waals surface area contributed by atoms with Crippen LogP contribution < -0.4 is 9.47 Å². The van der Waals surface area contributed by atoms with Gasteiger partial charge in [0.25, 0.3) is 0 Å². The van der Waals surface area contributed by atoms with Crippen molar-refractivity contribution in [2.24, 2.45) is 0 Å². The molecule has 5 aromatic rings. The summed E-state index contributed by atoms with van der Waals surface area (Å²) in [6.07, 6.45) is 3.41. The lowest BCUT2D eigenvalue weighted by atomic mass is 10.1. The lowest BCUT2D eigenvalue weighted by Crippen LogP contribution is -2.00. The topological polar surface area (TPSA) is 102 Å². The molecule has 0 aliphatic carbocycles. The van der Waals surface area contributed by atoms with Gasteiger partial charge in [0.1, 0.15) is 22.2 Å². The highest BCUT2D eigenvalue weighted by Crippen LogP contribution is 2.32. The number of nitrogens with one attached hydrogen (secondary N) is 1. The molecule has 192 valence electrons. The van der Waals surface area contributed by atoms with Crippen LogP contribution in [0.1, 0.15) is 11.1 Å². The average Bonchev–Trinajstić information content (AvgIpc) is 3.54. The minimum absolute atomic E-state index is 0.0348. The maximum Gasteiger partial charge on any atom is 0.342 e. The van der Waals surface area contributed by atoms with Gasteiger partial charge in [0.05, 0.1) is 20.8 Å². The van der Waals surface area contributed by atoms with Crippen LogP contribution in [0.2, 0.25) is 0 Å². The molecule has 0 saturated carbocycles. The lowest BCUT2D eigenvalue weighted by molar-refractivity contribution is -0.131. The highest BCUT2D eigenvalue weighted by molar-refractivity contribution is 8.04. The Morgan fingerprint density at radius 3 is 2.50 bits per heavy atom. The Morgan fingerprint density at radius 2 is 1.79 bits per heavy atom. The summed E-state index contributed by atoms with van der Waals surface area (Å²) in [7, 11) is 3.11. The smallest absolute Gasteiger partial charge is 0.342 e. The number of carbonyl (C=O) groups is 1. The molecule has 0 aliphatic heterocycles. The predicted octanol–water partition coefficient (Wildman–Crippen LogP) is 5.85. The molecule has 10 heteroatoms. The number of benzene rings is 3. The number of thioether (sulfide) groups is 1. The van der Waals surface area contributed by atoms with E-state index in [0.717, 1.165) is 22.7 Å². The van der Waals surface area contributed by atoms with Crippen LogP contribution in [-0.4, -0.2) is 45.0 Å². The summed E-state index contributed by atoms with van der Waals surface area (Å²) in [6.45, 7) is 0.310. The highest BCUT2D eigenvalue weighted by Gasteiger charge is 2.17. The van der Waals surface area contributed by atoms with Crippen LogP contribution in [-0.2, 0) is 11.3 Å². The number of aromatic nitrogens is 4. The third kappa shape index (κ3) is 5.25. The number of carboxylic acids is 1. The first-order valence-electron chi connectivity index (χ1n) is 11.5. The number of ether oxygens (including phenoxy) is 2. The molecule has 0 unspecified atom stereocenters. The zero-order chi connectivity index (χ0) is 26.6. The van der Waals surface area contributed by atoms with E-state index in [4.69, 9.17) is 9.47 Å². The maximum absolute atomic E-state index is 14.3. The third-order valence-electron chi connectivity index (χ3n) is 5.91. The maximum atomic E-state index is 14.3.